The van der Waals surface area contributed by atoms with Gasteiger partial charge in [-0.3, -0.25) is 14.5 Å². The summed E-state index contributed by atoms with van der Waals surface area (Å²) >= 11 is 6.07. The zero-order chi connectivity index (χ0) is 19.9. The zero-order valence-corrected chi connectivity index (χ0v) is 16.9. The molecule has 1 amide bonds. The normalized spacial score (nSPS) is 11.2. The lowest BCUT2D eigenvalue weighted by Gasteiger charge is -2.34. The number of methoxy groups -OCH3 is 2. The van der Waals surface area contributed by atoms with Crippen molar-refractivity contribution in [3.05, 3.63) is 17.2 Å². The molecule has 0 heterocycles. The predicted octanol–water partition coefficient (Wildman–Crippen LogP) is 2.96. The van der Waals surface area contributed by atoms with Crippen molar-refractivity contribution in [1.29, 1.82) is 0 Å². The average molecular weight is 387 g/mol. The second-order valence-electron chi connectivity index (χ2n) is 6.57. The summed E-state index contributed by atoms with van der Waals surface area (Å²) in [6.07, 6.45) is 0. The Morgan fingerprint density at radius 1 is 1.12 bits per heavy atom. The molecule has 0 fully saturated rings. The molecule has 1 rings (SSSR count). The first-order chi connectivity index (χ1) is 12.1. The van der Waals surface area contributed by atoms with Gasteiger partial charge in [-0.2, -0.15) is 0 Å². The Kier molecular flexibility index (Phi) is 8.17. The van der Waals surface area contributed by atoms with E-state index in [1.807, 2.05) is 20.8 Å². The third-order valence-electron chi connectivity index (χ3n) is 3.66. The number of amides is 1. The Hall–Kier alpha value is -1.99. The number of carbonyl (C=O) groups excluding carboxylic acids is 2. The fraction of sp³-hybridized carbons (Fsp3) is 0.556. The summed E-state index contributed by atoms with van der Waals surface area (Å²) in [6, 6.07) is 3.15. The first-order valence-corrected chi connectivity index (χ1v) is 8.62. The minimum absolute atomic E-state index is 0.0103. The molecular weight excluding hydrogens is 360 g/mol. The topological polar surface area (TPSA) is 77.1 Å². The SMILES string of the molecule is CCOC(=O)CN(CC(=O)Nc1cc(OC)c(Cl)cc1OC)C(C)(C)C. The molecule has 1 N–H and O–H groups in total. The Morgan fingerprint density at radius 3 is 2.23 bits per heavy atom. The lowest BCUT2D eigenvalue weighted by Crippen LogP contribution is -2.48. The van der Waals surface area contributed by atoms with Crippen molar-refractivity contribution < 1.29 is 23.8 Å². The largest absolute Gasteiger partial charge is 0.495 e. The maximum absolute atomic E-state index is 12.5. The molecule has 0 saturated heterocycles. The number of benzene rings is 1. The van der Waals surface area contributed by atoms with Crippen LogP contribution in [-0.4, -0.2) is 56.2 Å². The Morgan fingerprint density at radius 2 is 1.73 bits per heavy atom. The van der Waals surface area contributed by atoms with E-state index in [9.17, 15) is 9.59 Å². The Labute approximate surface area is 159 Å². The average Bonchev–Trinajstić information content (AvgIpc) is 2.54. The van der Waals surface area contributed by atoms with Gasteiger partial charge in [0.15, 0.2) is 0 Å². The summed E-state index contributed by atoms with van der Waals surface area (Å²) in [4.78, 5) is 26.1. The molecule has 0 aromatic heterocycles. The monoisotopic (exact) mass is 386 g/mol. The van der Waals surface area contributed by atoms with E-state index in [1.165, 1.54) is 14.2 Å². The van der Waals surface area contributed by atoms with Gasteiger partial charge < -0.3 is 19.5 Å². The van der Waals surface area contributed by atoms with Crippen LogP contribution >= 0.6 is 11.6 Å². The number of hydrogen-bond acceptors (Lipinski definition) is 6. The molecule has 0 unspecified atom stereocenters. The van der Waals surface area contributed by atoms with Crippen LogP contribution in [0.15, 0.2) is 12.1 Å². The number of nitrogens with one attached hydrogen (secondary N) is 1. The van der Waals surface area contributed by atoms with Crippen molar-refractivity contribution in [1.82, 2.24) is 4.90 Å². The number of halogens is 1. The lowest BCUT2D eigenvalue weighted by molar-refractivity contribution is -0.146. The number of esters is 1. The van der Waals surface area contributed by atoms with Gasteiger partial charge >= 0.3 is 5.97 Å². The molecule has 0 bridgehead atoms. The first-order valence-electron chi connectivity index (χ1n) is 8.24. The van der Waals surface area contributed by atoms with Gasteiger partial charge in [-0.15, -0.1) is 0 Å². The van der Waals surface area contributed by atoms with E-state index in [1.54, 1.807) is 24.0 Å². The highest BCUT2D eigenvalue weighted by molar-refractivity contribution is 6.32. The zero-order valence-electron chi connectivity index (χ0n) is 16.1. The second kappa shape index (κ2) is 9.64. The third kappa shape index (κ3) is 6.38. The quantitative estimate of drug-likeness (QED) is 0.692. The first kappa shape index (κ1) is 22.1. The van der Waals surface area contributed by atoms with Gasteiger partial charge in [0, 0.05) is 17.7 Å². The van der Waals surface area contributed by atoms with Crippen LogP contribution in [0.4, 0.5) is 5.69 Å². The molecule has 8 heteroatoms. The van der Waals surface area contributed by atoms with E-state index < -0.39 is 5.54 Å². The summed E-state index contributed by atoms with van der Waals surface area (Å²) < 4.78 is 15.4. The van der Waals surface area contributed by atoms with E-state index in [0.29, 0.717) is 28.8 Å². The number of rotatable bonds is 8. The van der Waals surface area contributed by atoms with Crippen molar-refractivity contribution in [2.75, 3.05) is 39.2 Å². The number of hydrogen-bond donors (Lipinski definition) is 1. The van der Waals surface area contributed by atoms with Crippen molar-refractivity contribution in [2.24, 2.45) is 0 Å². The minimum Gasteiger partial charge on any atom is -0.495 e. The molecule has 0 aliphatic carbocycles. The van der Waals surface area contributed by atoms with Crippen LogP contribution in [0.2, 0.25) is 5.02 Å². The van der Waals surface area contributed by atoms with Gasteiger partial charge in [-0.05, 0) is 27.7 Å². The maximum atomic E-state index is 12.5. The van der Waals surface area contributed by atoms with E-state index in [2.05, 4.69) is 5.32 Å². The fourth-order valence-electron chi connectivity index (χ4n) is 2.21. The molecule has 0 radical (unpaired) electrons. The van der Waals surface area contributed by atoms with E-state index in [4.69, 9.17) is 25.8 Å². The van der Waals surface area contributed by atoms with Gasteiger partial charge in [-0.1, -0.05) is 11.6 Å². The number of anilines is 1. The minimum atomic E-state index is -0.397. The smallest absolute Gasteiger partial charge is 0.320 e. The summed E-state index contributed by atoms with van der Waals surface area (Å²) in [5, 5.41) is 3.15. The number of nitrogens with zero attached hydrogens (tertiary/aromatic N) is 1. The molecule has 0 aliphatic heterocycles. The summed E-state index contributed by atoms with van der Waals surface area (Å²) in [5.41, 5.74) is 0.0371. The predicted molar refractivity (Wildman–Crippen MR) is 101 cm³/mol. The molecule has 7 nitrogen and oxygen atoms in total. The summed E-state index contributed by atoms with van der Waals surface area (Å²) in [6.45, 7) is 7.83. The fourth-order valence-corrected chi connectivity index (χ4v) is 2.44. The number of carbonyl (C=O) groups is 2. The van der Waals surface area contributed by atoms with E-state index >= 15 is 0 Å². The molecule has 0 aliphatic rings. The van der Waals surface area contributed by atoms with Gasteiger partial charge in [0.2, 0.25) is 5.91 Å². The summed E-state index contributed by atoms with van der Waals surface area (Å²) in [5.74, 6) is 0.159. The Bertz CT molecular complexity index is 643. The highest BCUT2D eigenvalue weighted by atomic mass is 35.5. The molecule has 26 heavy (non-hydrogen) atoms. The molecule has 146 valence electrons. The van der Waals surface area contributed by atoms with Gasteiger partial charge in [0.05, 0.1) is 44.6 Å². The van der Waals surface area contributed by atoms with Gasteiger partial charge in [0.1, 0.15) is 11.5 Å². The number of ether oxygens (including phenoxy) is 3. The molecule has 0 spiro atoms. The van der Waals surface area contributed by atoms with Crippen LogP contribution in [0.5, 0.6) is 11.5 Å². The highest BCUT2D eigenvalue weighted by Crippen LogP contribution is 2.35. The van der Waals surface area contributed by atoms with Crippen LogP contribution in [0.3, 0.4) is 0 Å². The second-order valence-corrected chi connectivity index (χ2v) is 6.97. The van der Waals surface area contributed by atoms with Crippen molar-refractivity contribution in [3.8, 4) is 11.5 Å². The molecule has 0 atom stereocenters. The standard InChI is InChI=1S/C18H27ClN2O5/c1-7-26-17(23)11-21(18(2,3)4)10-16(22)20-13-9-14(24-5)12(19)8-15(13)25-6/h8-9H,7,10-11H2,1-6H3,(H,20,22). The Balaban J connectivity index is 2.93. The maximum Gasteiger partial charge on any atom is 0.320 e. The highest BCUT2D eigenvalue weighted by Gasteiger charge is 2.26. The van der Waals surface area contributed by atoms with Crippen LogP contribution in [0.25, 0.3) is 0 Å². The van der Waals surface area contributed by atoms with Crippen molar-refractivity contribution in [2.45, 2.75) is 33.2 Å². The molecular formula is C18H27ClN2O5. The van der Waals surface area contributed by atoms with Crippen molar-refractivity contribution in [3.63, 3.8) is 0 Å². The van der Waals surface area contributed by atoms with Crippen LogP contribution in [0.1, 0.15) is 27.7 Å². The summed E-state index contributed by atoms with van der Waals surface area (Å²) in [7, 11) is 2.97. The van der Waals surface area contributed by atoms with Crippen LogP contribution < -0.4 is 14.8 Å². The molecule has 1 aromatic carbocycles. The van der Waals surface area contributed by atoms with Crippen LogP contribution in [-0.2, 0) is 14.3 Å². The third-order valence-corrected chi connectivity index (χ3v) is 3.95. The van der Waals surface area contributed by atoms with Gasteiger partial charge in [-0.25, -0.2) is 0 Å². The van der Waals surface area contributed by atoms with Crippen LogP contribution in [0, 0.1) is 0 Å². The van der Waals surface area contributed by atoms with E-state index in [-0.39, 0.29) is 25.0 Å². The molecule has 1 aromatic rings. The van der Waals surface area contributed by atoms with Crippen molar-refractivity contribution >= 4 is 29.2 Å². The van der Waals surface area contributed by atoms with E-state index in [0.717, 1.165) is 0 Å². The lowest BCUT2D eigenvalue weighted by atomic mass is 10.1. The molecule has 0 saturated carbocycles. The van der Waals surface area contributed by atoms with Gasteiger partial charge in [0.25, 0.3) is 0 Å².